The molecule has 0 aliphatic carbocycles. The normalized spacial score (nSPS) is 26.2. The molecule has 1 aromatic carbocycles. The Morgan fingerprint density at radius 3 is 2.46 bits per heavy atom. The number of rotatable bonds is 1. The van der Waals surface area contributed by atoms with Gasteiger partial charge in [0.15, 0.2) is 0 Å². The smallest absolute Gasteiger partial charge is 0.0831 e. The van der Waals surface area contributed by atoms with Gasteiger partial charge in [-0.2, -0.15) is 0 Å². The topological polar surface area (TPSA) is 9.23 Å². The van der Waals surface area contributed by atoms with Crippen molar-refractivity contribution in [3.63, 3.8) is 0 Å². The first kappa shape index (κ1) is 8.76. The molecule has 1 aliphatic rings. The van der Waals surface area contributed by atoms with E-state index in [0.29, 0.717) is 11.5 Å². The molecule has 1 aromatic rings. The number of ether oxygens (including phenoxy) is 1. The first-order valence-corrected chi connectivity index (χ1v) is 4.84. The molecule has 1 fully saturated rings. The molecule has 0 spiro atoms. The van der Waals surface area contributed by atoms with Crippen LogP contribution in [0.25, 0.3) is 0 Å². The zero-order chi connectivity index (χ0) is 9.31. The zero-order valence-electron chi connectivity index (χ0n) is 8.29. The second-order valence-corrected chi connectivity index (χ2v) is 4.58. The Bertz CT molecular complexity index is 276. The summed E-state index contributed by atoms with van der Waals surface area (Å²) in [6, 6.07) is 10.5. The fourth-order valence-electron chi connectivity index (χ4n) is 1.83. The zero-order valence-corrected chi connectivity index (χ0v) is 8.29. The van der Waals surface area contributed by atoms with Crippen molar-refractivity contribution in [1.82, 2.24) is 0 Å². The van der Waals surface area contributed by atoms with Crippen LogP contribution in [0.1, 0.15) is 31.9 Å². The molecule has 1 atom stereocenters. The molecule has 2 rings (SSSR count). The van der Waals surface area contributed by atoms with E-state index in [1.807, 2.05) is 6.07 Å². The molecule has 1 heterocycles. The van der Waals surface area contributed by atoms with E-state index in [9.17, 15) is 0 Å². The van der Waals surface area contributed by atoms with Gasteiger partial charge >= 0.3 is 0 Å². The van der Waals surface area contributed by atoms with Crippen molar-refractivity contribution in [3.05, 3.63) is 35.9 Å². The van der Waals surface area contributed by atoms with E-state index in [2.05, 4.69) is 38.1 Å². The minimum absolute atomic E-state index is 0.316. The Balaban J connectivity index is 2.13. The SMILES string of the molecule is CC1(C)COC(c2ccccc2)C1. The largest absolute Gasteiger partial charge is 0.373 e. The average molecular weight is 176 g/mol. The molecule has 1 aliphatic heterocycles. The fraction of sp³-hybridized carbons (Fsp3) is 0.500. The molecule has 0 saturated carbocycles. The Morgan fingerprint density at radius 2 is 1.92 bits per heavy atom. The summed E-state index contributed by atoms with van der Waals surface area (Å²) in [6.45, 7) is 5.40. The molecule has 0 N–H and O–H groups in total. The van der Waals surface area contributed by atoms with Crippen molar-refractivity contribution < 1.29 is 4.74 Å². The molecule has 13 heavy (non-hydrogen) atoms. The van der Waals surface area contributed by atoms with Gasteiger partial charge in [0.25, 0.3) is 0 Å². The summed E-state index contributed by atoms with van der Waals surface area (Å²) in [5.74, 6) is 0. The molecule has 0 bridgehead atoms. The van der Waals surface area contributed by atoms with Crippen molar-refractivity contribution >= 4 is 0 Å². The van der Waals surface area contributed by atoms with Crippen LogP contribution in [0.3, 0.4) is 0 Å². The van der Waals surface area contributed by atoms with E-state index < -0.39 is 0 Å². The van der Waals surface area contributed by atoms with Crippen LogP contribution < -0.4 is 0 Å². The van der Waals surface area contributed by atoms with Gasteiger partial charge < -0.3 is 4.74 Å². The summed E-state index contributed by atoms with van der Waals surface area (Å²) in [6.07, 6.45) is 1.45. The molecule has 1 unspecified atom stereocenters. The first-order valence-electron chi connectivity index (χ1n) is 4.84. The van der Waals surface area contributed by atoms with Crippen LogP contribution in [-0.4, -0.2) is 6.61 Å². The van der Waals surface area contributed by atoms with E-state index >= 15 is 0 Å². The molecule has 1 saturated heterocycles. The Labute approximate surface area is 79.7 Å². The highest BCUT2D eigenvalue weighted by molar-refractivity contribution is 5.18. The molecule has 1 heteroatoms. The van der Waals surface area contributed by atoms with Gasteiger partial charge in [0.2, 0.25) is 0 Å². The molecule has 0 amide bonds. The molecule has 0 aromatic heterocycles. The highest BCUT2D eigenvalue weighted by Gasteiger charge is 2.32. The fourth-order valence-corrected chi connectivity index (χ4v) is 1.83. The van der Waals surface area contributed by atoms with Crippen LogP contribution in [0, 0.1) is 5.41 Å². The van der Waals surface area contributed by atoms with E-state index in [1.165, 1.54) is 5.56 Å². The summed E-state index contributed by atoms with van der Waals surface area (Å²) in [5, 5.41) is 0. The lowest BCUT2D eigenvalue weighted by Crippen LogP contribution is -2.08. The second-order valence-electron chi connectivity index (χ2n) is 4.58. The molecular weight excluding hydrogens is 160 g/mol. The van der Waals surface area contributed by atoms with Gasteiger partial charge in [0.1, 0.15) is 0 Å². The Kier molecular flexibility index (Phi) is 2.12. The van der Waals surface area contributed by atoms with Crippen LogP contribution >= 0.6 is 0 Å². The monoisotopic (exact) mass is 176 g/mol. The van der Waals surface area contributed by atoms with Crippen molar-refractivity contribution in [2.45, 2.75) is 26.4 Å². The van der Waals surface area contributed by atoms with Crippen LogP contribution in [-0.2, 0) is 4.74 Å². The van der Waals surface area contributed by atoms with Crippen LogP contribution in [0.4, 0.5) is 0 Å². The van der Waals surface area contributed by atoms with Crippen LogP contribution in [0.2, 0.25) is 0 Å². The Morgan fingerprint density at radius 1 is 1.23 bits per heavy atom. The van der Waals surface area contributed by atoms with Crippen molar-refractivity contribution in [1.29, 1.82) is 0 Å². The van der Waals surface area contributed by atoms with E-state index in [0.717, 1.165) is 13.0 Å². The van der Waals surface area contributed by atoms with Crippen LogP contribution in [0.5, 0.6) is 0 Å². The van der Waals surface area contributed by atoms with Gasteiger partial charge in [-0.3, -0.25) is 0 Å². The standard InChI is InChI=1S/C12H16O/c1-12(2)8-11(13-9-12)10-6-4-3-5-7-10/h3-7,11H,8-9H2,1-2H3. The molecule has 1 nitrogen and oxygen atoms in total. The minimum Gasteiger partial charge on any atom is -0.373 e. The highest BCUT2D eigenvalue weighted by Crippen LogP contribution is 2.39. The maximum absolute atomic E-state index is 5.75. The summed E-state index contributed by atoms with van der Waals surface area (Å²) >= 11 is 0. The van der Waals surface area contributed by atoms with E-state index in [-0.39, 0.29) is 0 Å². The lowest BCUT2D eigenvalue weighted by Gasteiger charge is -2.13. The van der Waals surface area contributed by atoms with Gasteiger partial charge in [-0.25, -0.2) is 0 Å². The summed E-state index contributed by atoms with van der Waals surface area (Å²) < 4.78 is 5.75. The third kappa shape index (κ3) is 1.92. The number of benzene rings is 1. The average Bonchev–Trinajstić information content (AvgIpc) is 2.48. The lowest BCUT2D eigenvalue weighted by atomic mass is 9.89. The number of hydrogen-bond donors (Lipinski definition) is 0. The minimum atomic E-state index is 0.316. The predicted molar refractivity (Wildman–Crippen MR) is 53.5 cm³/mol. The summed E-state index contributed by atoms with van der Waals surface area (Å²) in [7, 11) is 0. The maximum Gasteiger partial charge on any atom is 0.0831 e. The van der Waals surface area contributed by atoms with Crippen LogP contribution in [0.15, 0.2) is 30.3 Å². The summed E-state index contributed by atoms with van der Waals surface area (Å²) in [4.78, 5) is 0. The van der Waals surface area contributed by atoms with Crippen molar-refractivity contribution in [2.75, 3.05) is 6.61 Å². The quantitative estimate of drug-likeness (QED) is 0.638. The Hall–Kier alpha value is -0.820. The van der Waals surface area contributed by atoms with Gasteiger partial charge in [-0.05, 0) is 17.4 Å². The van der Waals surface area contributed by atoms with Gasteiger partial charge in [-0.15, -0.1) is 0 Å². The lowest BCUT2D eigenvalue weighted by molar-refractivity contribution is 0.100. The number of hydrogen-bond acceptors (Lipinski definition) is 1. The predicted octanol–water partition coefficient (Wildman–Crippen LogP) is 3.17. The van der Waals surface area contributed by atoms with Gasteiger partial charge in [0, 0.05) is 0 Å². The van der Waals surface area contributed by atoms with Crippen molar-refractivity contribution in [3.8, 4) is 0 Å². The molecule has 70 valence electrons. The van der Waals surface area contributed by atoms with Gasteiger partial charge in [0.05, 0.1) is 12.7 Å². The second kappa shape index (κ2) is 3.15. The third-order valence-electron chi connectivity index (χ3n) is 2.58. The third-order valence-corrected chi connectivity index (χ3v) is 2.58. The molecule has 0 radical (unpaired) electrons. The van der Waals surface area contributed by atoms with Gasteiger partial charge in [-0.1, -0.05) is 44.2 Å². The maximum atomic E-state index is 5.75. The summed E-state index contributed by atoms with van der Waals surface area (Å²) in [5.41, 5.74) is 1.66. The first-order chi connectivity index (χ1) is 6.17. The highest BCUT2D eigenvalue weighted by atomic mass is 16.5. The molecular formula is C12H16O. The van der Waals surface area contributed by atoms with E-state index in [4.69, 9.17) is 4.74 Å². The van der Waals surface area contributed by atoms with Crippen molar-refractivity contribution in [2.24, 2.45) is 5.41 Å². The van der Waals surface area contributed by atoms with E-state index in [1.54, 1.807) is 0 Å².